The Hall–Kier alpha value is -1.79. The molecular weight excluding hydrogens is 227 g/mol. The second-order valence-corrected chi connectivity index (χ2v) is 2.87. The van der Waals surface area contributed by atoms with Crippen LogP contribution >= 0.6 is 0 Å². The molecule has 4 nitrogen and oxygen atoms in total. The zero-order valence-electron chi connectivity index (χ0n) is 8.22. The molecule has 0 spiro atoms. The molecule has 7 heteroatoms. The van der Waals surface area contributed by atoms with E-state index >= 15 is 0 Å². The van der Waals surface area contributed by atoms with E-state index in [2.05, 4.69) is 4.74 Å². The highest BCUT2D eigenvalue weighted by Crippen LogP contribution is 2.27. The largest absolute Gasteiger partial charge is 0.462 e. The Morgan fingerprint density at radius 3 is 2.56 bits per heavy atom. The number of aromatic amines is 1. The molecule has 0 amide bonds. The van der Waals surface area contributed by atoms with Gasteiger partial charge in [-0.1, -0.05) is 0 Å². The summed E-state index contributed by atoms with van der Waals surface area (Å²) >= 11 is 0. The number of esters is 1. The number of aromatic nitrogens is 1. The van der Waals surface area contributed by atoms with Gasteiger partial charge in [-0.05, 0) is 13.0 Å². The number of hydrogen-bond donors (Lipinski definition) is 1. The van der Waals surface area contributed by atoms with Crippen molar-refractivity contribution in [1.82, 2.24) is 4.98 Å². The molecule has 0 atom stereocenters. The Labute approximate surface area is 88.0 Å². The summed E-state index contributed by atoms with van der Waals surface area (Å²) in [5.74, 6) is -0.959. The molecular formula is C9H8F3NO3. The number of pyridine rings is 1. The summed E-state index contributed by atoms with van der Waals surface area (Å²) in [6, 6.07) is 1.30. The minimum atomic E-state index is -4.71. The number of alkyl halides is 3. The fourth-order valence-corrected chi connectivity index (χ4v) is 1.03. The molecule has 0 aliphatic rings. The lowest BCUT2D eigenvalue weighted by Gasteiger charge is -2.07. The number of nitrogens with one attached hydrogen (secondary N) is 1. The number of ether oxygens (including phenoxy) is 1. The normalized spacial score (nSPS) is 11.2. The van der Waals surface area contributed by atoms with Crippen molar-refractivity contribution in [2.75, 3.05) is 6.61 Å². The van der Waals surface area contributed by atoms with Crippen molar-refractivity contribution in [2.45, 2.75) is 13.1 Å². The lowest BCUT2D eigenvalue weighted by molar-refractivity contribution is -0.141. The fourth-order valence-electron chi connectivity index (χ4n) is 1.03. The van der Waals surface area contributed by atoms with Crippen LogP contribution in [0.15, 0.2) is 16.9 Å². The van der Waals surface area contributed by atoms with Gasteiger partial charge in [0.15, 0.2) is 0 Å². The van der Waals surface area contributed by atoms with Crippen molar-refractivity contribution in [2.24, 2.45) is 0 Å². The first-order chi connectivity index (χ1) is 7.34. The van der Waals surface area contributed by atoms with Crippen molar-refractivity contribution >= 4 is 5.97 Å². The molecule has 1 rings (SSSR count). The summed E-state index contributed by atoms with van der Waals surface area (Å²) in [6.45, 7) is 1.53. The lowest BCUT2D eigenvalue weighted by Crippen LogP contribution is -2.19. The van der Waals surface area contributed by atoms with Gasteiger partial charge in [0.05, 0.1) is 12.2 Å². The molecule has 0 saturated carbocycles. The summed E-state index contributed by atoms with van der Waals surface area (Å²) in [5.41, 5.74) is -2.70. The fraction of sp³-hybridized carbons (Fsp3) is 0.333. The Bertz CT molecular complexity index is 450. The maximum Gasteiger partial charge on any atom is 0.431 e. The number of carbonyl (C=O) groups is 1. The summed E-state index contributed by atoms with van der Waals surface area (Å²) in [7, 11) is 0. The van der Waals surface area contributed by atoms with Crippen molar-refractivity contribution < 1.29 is 22.7 Å². The van der Waals surface area contributed by atoms with Crippen LogP contribution in [-0.4, -0.2) is 17.6 Å². The average molecular weight is 235 g/mol. The van der Waals surface area contributed by atoms with Crippen LogP contribution in [-0.2, 0) is 10.9 Å². The SMILES string of the molecule is CCOC(=O)c1cc(C(F)(F)F)[nH]c(=O)c1. The van der Waals surface area contributed by atoms with E-state index in [9.17, 15) is 22.8 Å². The molecule has 0 unspecified atom stereocenters. The van der Waals surface area contributed by atoms with Gasteiger partial charge >= 0.3 is 12.1 Å². The number of hydrogen-bond acceptors (Lipinski definition) is 3. The van der Waals surface area contributed by atoms with E-state index in [1.807, 2.05) is 0 Å². The molecule has 1 aromatic rings. The Balaban J connectivity index is 3.18. The van der Waals surface area contributed by atoms with Gasteiger partial charge in [0.1, 0.15) is 5.69 Å². The van der Waals surface area contributed by atoms with Gasteiger partial charge in [-0.25, -0.2) is 4.79 Å². The van der Waals surface area contributed by atoms with E-state index < -0.39 is 29.0 Å². The predicted molar refractivity (Wildman–Crippen MR) is 48.0 cm³/mol. The number of carbonyl (C=O) groups excluding carboxylic acids is 1. The Morgan fingerprint density at radius 2 is 2.06 bits per heavy atom. The van der Waals surface area contributed by atoms with E-state index in [0.717, 1.165) is 6.07 Å². The second kappa shape index (κ2) is 4.38. The highest BCUT2D eigenvalue weighted by atomic mass is 19.4. The van der Waals surface area contributed by atoms with Crippen LogP contribution in [0.1, 0.15) is 23.0 Å². The van der Waals surface area contributed by atoms with Crippen LogP contribution in [0.25, 0.3) is 0 Å². The maximum atomic E-state index is 12.3. The van der Waals surface area contributed by atoms with Gasteiger partial charge in [0.25, 0.3) is 0 Å². The first-order valence-corrected chi connectivity index (χ1v) is 4.33. The number of rotatable bonds is 2. The minimum Gasteiger partial charge on any atom is -0.462 e. The van der Waals surface area contributed by atoms with Gasteiger partial charge in [-0.2, -0.15) is 13.2 Å². The van der Waals surface area contributed by atoms with E-state index in [-0.39, 0.29) is 6.61 Å². The maximum absolute atomic E-state index is 12.3. The van der Waals surface area contributed by atoms with E-state index in [1.165, 1.54) is 6.92 Å². The van der Waals surface area contributed by atoms with Crippen molar-refractivity contribution in [1.29, 1.82) is 0 Å². The van der Waals surface area contributed by atoms with Gasteiger partial charge < -0.3 is 9.72 Å². The van der Waals surface area contributed by atoms with E-state index in [0.29, 0.717) is 6.07 Å². The number of H-pyrrole nitrogens is 1. The summed E-state index contributed by atoms with van der Waals surface area (Å²) in [4.78, 5) is 23.6. The topological polar surface area (TPSA) is 59.2 Å². The monoisotopic (exact) mass is 235 g/mol. The van der Waals surface area contributed by atoms with Crippen LogP contribution < -0.4 is 5.56 Å². The quantitative estimate of drug-likeness (QED) is 0.791. The molecule has 1 heterocycles. The smallest absolute Gasteiger partial charge is 0.431 e. The van der Waals surface area contributed by atoms with E-state index in [4.69, 9.17) is 0 Å². The van der Waals surface area contributed by atoms with Crippen molar-refractivity contribution in [3.8, 4) is 0 Å². The molecule has 0 radical (unpaired) electrons. The minimum absolute atomic E-state index is 0.0208. The number of halogens is 3. The molecule has 0 bridgehead atoms. The van der Waals surface area contributed by atoms with Crippen LogP contribution in [0.3, 0.4) is 0 Å². The van der Waals surface area contributed by atoms with Gasteiger partial charge in [0, 0.05) is 6.07 Å². The molecule has 16 heavy (non-hydrogen) atoms. The Morgan fingerprint density at radius 1 is 1.44 bits per heavy atom. The molecule has 88 valence electrons. The molecule has 0 saturated heterocycles. The second-order valence-electron chi connectivity index (χ2n) is 2.87. The summed E-state index contributed by atoms with van der Waals surface area (Å²) in [5, 5.41) is 0. The molecule has 0 aliphatic carbocycles. The third-order valence-electron chi connectivity index (χ3n) is 1.66. The first kappa shape index (κ1) is 12.3. The van der Waals surface area contributed by atoms with E-state index in [1.54, 1.807) is 4.98 Å². The van der Waals surface area contributed by atoms with Crippen LogP contribution in [0.2, 0.25) is 0 Å². The molecule has 0 fully saturated rings. The predicted octanol–water partition coefficient (Wildman–Crippen LogP) is 1.57. The lowest BCUT2D eigenvalue weighted by atomic mass is 10.2. The summed E-state index contributed by atoms with van der Waals surface area (Å²) in [6.07, 6.45) is -4.71. The van der Waals surface area contributed by atoms with Crippen molar-refractivity contribution in [3.63, 3.8) is 0 Å². The molecule has 1 aromatic heterocycles. The average Bonchev–Trinajstić information content (AvgIpc) is 2.16. The van der Waals surface area contributed by atoms with Crippen molar-refractivity contribution in [3.05, 3.63) is 33.7 Å². The third-order valence-corrected chi connectivity index (χ3v) is 1.66. The molecule has 0 aromatic carbocycles. The zero-order valence-corrected chi connectivity index (χ0v) is 8.22. The first-order valence-electron chi connectivity index (χ1n) is 4.33. The van der Waals surface area contributed by atoms with Gasteiger partial charge in [0.2, 0.25) is 5.56 Å². The third kappa shape index (κ3) is 2.85. The summed E-state index contributed by atoms with van der Waals surface area (Å²) < 4.78 is 41.3. The van der Waals surface area contributed by atoms with Crippen LogP contribution in [0, 0.1) is 0 Å². The Kier molecular flexibility index (Phi) is 3.36. The standard InChI is InChI=1S/C9H8F3NO3/c1-2-16-8(15)5-3-6(9(10,11)12)13-7(14)4-5/h3-4H,2H2,1H3,(H,13,14). The van der Waals surface area contributed by atoms with Gasteiger partial charge in [-0.3, -0.25) is 4.79 Å². The molecule has 1 N–H and O–H groups in total. The van der Waals surface area contributed by atoms with Crippen LogP contribution in [0.4, 0.5) is 13.2 Å². The molecule has 0 aliphatic heterocycles. The van der Waals surface area contributed by atoms with Crippen LogP contribution in [0.5, 0.6) is 0 Å². The zero-order chi connectivity index (χ0) is 12.3. The highest BCUT2D eigenvalue weighted by Gasteiger charge is 2.32. The highest BCUT2D eigenvalue weighted by molar-refractivity contribution is 5.89. The van der Waals surface area contributed by atoms with Gasteiger partial charge in [-0.15, -0.1) is 0 Å².